The molecule has 1 N–H and O–H groups in total. The van der Waals surface area contributed by atoms with Gasteiger partial charge in [-0.15, -0.1) is 11.3 Å². The largest absolute Gasteiger partial charge is 0.493 e. The van der Waals surface area contributed by atoms with E-state index in [1.54, 1.807) is 22.2 Å². The summed E-state index contributed by atoms with van der Waals surface area (Å²) in [5.41, 5.74) is 0.901. The molecule has 2 aromatic heterocycles. The SMILES string of the molecule is CC(C)COc1ccccc1/C=N\n1c(-c2cccs2)n[nH]c1=S. The van der Waals surface area contributed by atoms with Crippen LogP contribution in [0.25, 0.3) is 10.7 Å². The monoisotopic (exact) mass is 358 g/mol. The third-order valence-electron chi connectivity index (χ3n) is 3.20. The van der Waals surface area contributed by atoms with Gasteiger partial charge in [0.15, 0.2) is 5.82 Å². The standard InChI is InChI=1S/C17H18N4OS2/c1-12(2)11-22-14-7-4-3-6-13(14)10-18-21-16(19-20-17(21)23)15-8-5-9-24-15/h3-10,12H,11H2,1-2H3,(H,20,23)/b18-10-. The number of para-hydroxylation sites is 1. The molecule has 0 radical (unpaired) electrons. The lowest BCUT2D eigenvalue weighted by Gasteiger charge is -2.10. The van der Waals surface area contributed by atoms with Crippen molar-refractivity contribution in [3.8, 4) is 16.5 Å². The summed E-state index contributed by atoms with van der Waals surface area (Å²) in [5, 5.41) is 13.6. The van der Waals surface area contributed by atoms with Crippen LogP contribution in [0, 0.1) is 10.7 Å². The van der Waals surface area contributed by atoms with Crippen molar-refractivity contribution in [2.75, 3.05) is 6.61 Å². The predicted octanol–water partition coefficient (Wildman–Crippen LogP) is 4.59. The van der Waals surface area contributed by atoms with Gasteiger partial charge in [-0.2, -0.15) is 14.9 Å². The molecule has 0 aliphatic carbocycles. The van der Waals surface area contributed by atoms with Gasteiger partial charge in [0.1, 0.15) is 5.75 Å². The van der Waals surface area contributed by atoms with Crippen LogP contribution in [0.15, 0.2) is 46.9 Å². The van der Waals surface area contributed by atoms with Gasteiger partial charge in [0.2, 0.25) is 4.77 Å². The van der Waals surface area contributed by atoms with Crippen LogP contribution in [0.5, 0.6) is 5.75 Å². The fourth-order valence-electron chi connectivity index (χ4n) is 2.06. The molecule has 0 amide bonds. The van der Waals surface area contributed by atoms with Gasteiger partial charge in [0, 0.05) is 5.56 Å². The smallest absolute Gasteiger partial charge is 0.216 e. The highest BCUT2D eigenvalue weighted by Gasteiger charge is 2.09. The van der Waals surface area contributed by atoms with Gasteiger partial charge in [-0.05, 0) is 41.7 Å². The summed E-state index contributed by atoms with van der Waals surface area (Å²) >= 11 is 6.88. The molecule has 1 aromatic carbocycles. The Morgan fingerprint density at radius 3 is 2.92 bits per heavy atom. The summed E-state index contributed by atoms with van der Waals surface area (Å²) in [6.07, 6.45) is 1.75. The third kappa shape index (κ3) is 3.80. The molecule has 0 bridgehead atoms. The van der Waals surface area contributed by atoms with Crippen molar-refractivity contribution in [1.29, 1.82) is 0 Å². The van der Waals surface area contributed by atoms with E-state index in [0.29, 0.717) is 23.1 Å². The molecule has 7 heteroatoms. The highest BCUT2D eigenvalue weighted by atomic mass is 32.1. The van der Waals surface area contributed by atoms with Crippen LogP contribution >= 0.6 is 23.6 Å². The van der Waals surface area contributed by atoms with Crippen LogP contribution < -0.4 is 4.74 Å². The molecule has 3 aromatic rings. The van der Waals surface area contributed by atoms with E-state index < -0.39 is 0 Å². The second-order valence-electron chi connectivity index (χ2n) is 5.63. The lowest BCUT2D eigenvalue weighted by atomic mass is 10.2. The first kappa shape index (κ1) is 16.6. The fourth-order valence-corrected chi connectivity index (χ4v) is 2.94. The number of rotatable bonds is 6. The molecule has 24 heavy (non-hydrogen) atoms. The van der Waals surface area contributed by atoms with Crippen LogP contribution in [0.1, 0.15) is 19.4 Å². The van der Waals surface area contributed by atoms with Gasteiger partial charge in [-0.1, -0.05) is 32.0 Å². The second-order valence-corrected chi connectivity index (χ2v) is 6.96. The number of nitrogens with one attached hydrogen (secondary N) is 1. The minimum atomic E-state index is 0.454. The summed E-state index contributed by atoms with van der Waals surface area (Å²) in [6.45, 7) is 4.90. The maximum atomic E-state index is 5.85. The number of benzene rings is 1. The molecular formula is C17H18N4OS2. The quantitative estimate of drug-likeness (QED) is 0.518. The normalized spacial score (nSPS) is 11.5. The number of thiophene rings is 1. The Balaban J connectivity index is 1.90. The Hall–Kier alpha value is -2.25. The Morgan fingerprint density at radius 2 is 2.17 bits per heavy atom. The van der Waals surface area contributed by atoms with Gasteiger partial charge in [0.25, 0.3) is 0 Å². The van der Waals surface area contributed by atoms with Crippen molar-refractivity contribution in [3.63, 3.8) is 0 Å². The summed E-state index contributed by atoms with van der Waals surface area (Å²) in [4.78, 5) is 1.00. The van der Waals surface area contributed by atoms with E-state index in [9.17, 15) is 0 Å². The van der Waals surface area contributed by atoms with E-state index in [1.807, 2.05) is 41.8 Å². The van der Waals surface area contributed by atoms with Crippen LogP contribution in [0.3, 0.4) is 0 Å². The maximum absolute atomic E-state index is 5.85. The molecule has 124 valence electrons. The van der Waals surface area contributed by atoms with Crippen LogP contribution in [0.2, 0.25) is 0 Å². The summed E-state index contributed by atoms with van der Waals surface area (Å²) in [7, 11) is 0. The van der Waals surface area contributed by atoms with Crippen LogP contribution in [0.4, 0.5) is 0 Å². The number of aromatic amines is 1. The molecule has 2 heterocycles. The summed E-state index contributed by atoms with van der Waals surface area (Å²) in [5.74, 6) is 1.97. The molecular weight excluding hydrogens is 340 g/mol. The first-order chi connectivity index (χ1) is 11.6. The number of H-pyrrole nitrogens is 1. The summed E-state index contributed by atoms with van der Waals surface area (Å²) < 4.78 is 7.93. The van der Waals surface area contributed by atoms with Crippen molar-refractivity contribution in [2.24, 2.45) is 11.0 Å². The molecule has 0 unspecified atom stereocenters. The van der Waals surface area contributed by atoms with E-state index in [-0.39, 0.29) is 0 Å². The zero-order chi connectivity index (χ0) is 16.9. The number of aromatic nitrogens is 3. The van der Waals surface area contributed by atoms with E-state index in [2.05, 4.69) is 29.1 Å². The lowest BCUT2D eigenvalue weighted by Crippen LogP contribution is -2.06. The Kier molecular flexibility index (Phi) is 5.22. The molecule has 0 aliphatic heterocycles. The third-order valence-corrected chi connectivity index (χ3v) is 4.33. The maximum Gasteiger partial charge on any atom is 0.216 e. The van der Waals surface area contributed by atoms with Crippen molar-refractivity contribution in [1.82, 2.24) is 14.9 Å². The molecule has 0 atom stereocenters. The van der Waals surface area contributed by atoms with Gasteiger partial charge in [0.05, 0.1) is 17.7 Å². The average molecular weight is 358 g/mol. The molecule has 5 nitrogen and oxygen atoms in total. The number of hydrogen-bond acceptors (Lipinski definition) is 5. The average Bonchev–Trinajstić information content (AvgIpc) is 3.21. The molecule has 0 fully saturated rings. The summed E-state index contributed by atoms with van der Waals surface area (Å²) in [6, 6.07) is 11.8. The predicted molar refractivity (Wildman–Crippen MR) is 100 cm³/mol. The molecule has 3 rings (SSSR count). The number of hydrogen-bond donors (Lipinski definition) is 1. The molecule has 0 saturated heterocycles. The van der Waals surface area contributed by atoms with E-state index in [1.165, 1.54) is 0 Å². The number of nitrogens with zero attached hydrogens (tertiary/aromatic N) is 3. The number of ether oxygens (including phenoxy) is 1. The zero-order valence-corrected chi connectivity index (χ0v) is 15.1. The van der Waals surface area contributed by atoms with Crippen molar-refractivity contribution in [3.05, 3.63) is 52.1 Å². The van der Waals surface area contributed by atoms with Gasteiger partial charge in [-0.3, -0.25) is 0 Å². The molecule has 0 spiro atoms. The van der Waals surface area contributed by atoms with Gasteiger partial charge in [-0.25, -0.2) is 5.10 Å². The minimum Gasteiger partial charge on any atom is -0.493 e. The fraction of sp³-hybridized carbons (Fsp3) is 0.235. The minimum absolute atomic E-state index is 0.454. The first-order valence-corrected chi connectivity index (χ1v) is 8.91. The van der Waals surface area contributed by atoms with Crippen molar-refractivity contribution in [2.45, 2.75) is 13.8 Å². The van der Waals surface area contributed by atoms with E-state index in [0.717, 1.165) is 16.2 Å². The zero-order valence-electron chi connectivity index (χ0n) is 13.5. The van der Waals surface area contributed by atoms with Gasteiger partial charge < -0.3 is 4.74 Å². The van der Waals surface area contributed by atoms with E-state index in [4.69, 9.17) is 17.0 Å². The molecule has 0 saturated carbocycles. The first-order valence-electron chi connectivity index (χ1n) is 7.62. The van der Waals surface area contributed by atoms with E-state index >= 15 is 0 Å². The lowest BCUT2D eigenvalue weighted by molar-refractivity contribution is 0.270. The Bertz CT molecular complexity index is 878. The second kappa shape index (κ2) is 7.55. The molecule has 0 aliphatic rings. The highest BCUT2D eigenvalue weighted by Crippen LogP contribution is 2.23. The van der Waals surface area contributed by atoms with Crippen LogP contribution in [-0.4, -0.2) is 27.7 Å². The Morgan fingerprint density at radius 1 is 1.33 bits per heavy atom. The van der Waals surface area contributed by atoms with Crippen molar-refractivity contribution >= 4 is 29.8 Å². The van der Waals surface area contributed by atoms with Crippen molar-refractivity contribution < 1.29 is 4.74 Å². The Labute approximate surface area is 149 Å². The van der Waals surface area contributed by atoms with Crippen LogP contribution in [-0.2, 0) is 0 Å². The highest BCUT2D eigenvalue weighted by molar-refractivity contribution is 7.71. The van der Waals surface area contributed by atoms with Gasteiger partial charge >= 0.3 is 0 Å². The topological polar surface area (TPSA) is 55.2 Å².